The maximum absolute atomic E-state index is 6.32. The highest BCUT2D eigenvalue weighted by atomic mass is 35.5. The summed E-state index contributed by atoms with van der Waals surface area (Å²) >= 11 is 7.75. The van der Waals surface area contributed by atoms with Crippen molar-refractivity contribution in [2.45, 2.75) is 38.0 Å². The molecule has 1 heterocycles. The van der Waals surface area contributed by atoms with Crippen LogP contribution in [0.2, 0.25) is 0 Å². The fourth-order valence-corrected chi connectivity index (χ4v) is 3.00. The molecule has 0 aliphatic heterocycles. The largest absolute Gasteiger partial charge is 0.143 e. The Hall–Kier alpha value is -0.150. The summed E-state index contributed by atoms with van der Waals surface area (Å²) in [5.74, 6) is 1.42. The second kappa shape index (κ2) is 4.58. The zero-order valence-electron chi connectivity index (χ0n) is 8.32. The van der Waals surface area contributed by atoms with Gasteiger partial charge in [0.2, 0.25) is 0 Å². The van der Waals surface area contributed by atoms with Gasteiger partial charge in [0.25, 0.3) is 0 Å². The second-order valence-electron chi connectivity index (χ2n) is 4.29. The van der Waals surface area contributed by atoms with E-state index in [4.69, 9.17) is 11.6 Å². The van der Waals surface area contributed by atoms with Crippen molar-refractivity contribution in [2.24, 2.45) is 11.8 Å². The molecular weight excluding hydrogens is 216 g/mol. The molecule has 78 valence electrons. The van der Waals surface area contributed by atoms with Gasteiger partial charge >= 0.3 is 0 Å². The first kappa shape index (κ1) is 10.4. The summed E-state index contributed by atoms with van der Waals surface area (Å²) in [6.07, 6.45) is 4.69. The Balaban J connectivity index is 1.95. The van der Waals surface area contributed by atoms with Crippen molar-refractivity contribution in [1.29, 1.82) is 0 Å². The lowest BCUT2D eigenvalue weighted by molar-refractivity contribution is 0.285. The van der Waals surface area contributed by atoms with Gasteiger partial charge in [0.1, 0.15) is 0 Å². The van der Waals surface area contributed by atoms with Crippen LogP contribution in [0, 0.1) is 11.8 Å². The molecule has 0 saturated heterocycles. The minimum atomic E-state index is 0.341. The molecule has 1 aliphatic rings. The minimum Gasteiger partial charge on any atom is -0.143 e. The topological polar surface area (TPSA) is 25.8 Å². The highest BCUT2D eigenvalue weighted by Crippen LogP contribution is 2.34. The van der Waals surface area contributed by atoms with Gasteiger partial charge in [0, 0.05) is 10.8 Å². The highest BCUT2D eigenvalue weighted by Gasteiger charge is 2.27. The molecule has 2 rings (SSSR count). The summed E-state index contributed by atoms with van der Waals surface area (Å²) in [6, 6.07) is 0. The molecule has 0 N–H and O–H groups in total. The van der Waals surface area contributed by atoms with Crippen LogP contribution in [0.5, 0.6) is 0 Å². The van der Waals surface area contributed by atoms with Crippen LogP contribution < -0.4 is 0 Å². The summed E-state index contributed by atoms with van der Waals surface area (Å²) in [7, 11) is 0. The van der Waals surface area contributed by atoms with E-state index in [1.54, 1.807) is 0 Å². The molecule has 4 heteroatoms. The van der Waals surface area contributed by atoms with Crippen LogP contribution >= 0.6 is 23.1 Å². The standard InChI is InChI=1S/C10H15ClN2S/c1-7-2-3-10(11)8(4-7)5-9-6-14-13-12-9/h6-8,10H,2-5H2,1H3. The number of aromatic nitrogens is 2. The predicted molar refractivity (Wildman–Crippen MR) is 59.8 cm³/mol. The van der Waals surface area contributed by atoms with Gasteiger partial charge in [-0.15, -0.1) is 16.7 Å². The first-order valence-corrected chi connectivity index (χ1v) is 6.43. The molecule has 1 saturated carbocycles. The first-order chi connectivity index (χ1) is 6.75. The molecule has 0 aromatic carbocycles. The van der Waals surface area contributed by atoms with Gasteiger partial charge < -0.3 is 0 Å². The number of alkyl halides is 1. The first-order valence-electron chi connectivity index (χ1n) is 5.15. The molecule has 0 radical (unpaired) electrons. The van der Waals surface area contributed by atoms with E-state index in [1.165, 1.54) is 24.4 Å². The van der Waals surface area contributed by atoms with Crippen molar-refractivity contribution in [3.05, 3.63) is 11.1 Å². The Kier molecular flexibility index (Phi) is 3.39. The van der Waals surface area contributed by atoms with Crippen LogP contribution in [0.4, 0.5) is 0 Å². The molecule has 3 atom stereocenters. The van der Waals surface area contributed by atoms with Crippen LogP contribution in [0.3, 0.4) is 0 Å². The molecule has 1 aromatic heterocycles. The van der Waals surface area contributed by atoms with E-state index < -0.39 is 0 Å². The molecular formula is C10H15ClN2S. The normalized spacial score (nSPS) is 33.1. The van der Waals surface area contributed by atoms with Crippen molar-refractivity contribution < 1.29 is 0 Å². The SMILES string of the molecule is CC1CCC(Cl)C(Cc2csnn2)C1. The summed E-state index contributed by atoms with van der Waals surface area (Å²) < 4.78 is 3.88. The van der Waals surface area contributed by atoms with Crippen LogP contribution in [0.25, 0.3) is 0 Å². The van der Waals surface area contributed by atoms with E-state index in [-0.39, 0.29) is 0 Å². The van der Waals surface area contributed by atoms with E-state index in [9.17, 15) is 0 Å². The van der Waals surface area contributed by atoms with Crippen LogP contribution in [0.1, 0.15) is 31.9 Å². The van der Waals surface area contributed by atoms with Crippen molar-refractivity contribution in [3.63, 3.8) is 0 Å². The zero-order chi connectivity index (χ0) is 9.97. The monoisotopic (exact) mass is 230 g/mol. The lowest BCUT2D eigenvalue weighted by Crippen LogP contribution is -2.26. The third-order valence-corrected chi connectivity index (χ3v) is 4.16. The number of halogens is 1. The van der Waals surface area contributed by atoms with E-state index in [0.717, 1.165) is 24.5 Å². The van der Waals surface area contributed by atoms with Crippen molar-refractivity contribution in [2.75, 3.05) is 0 Å². The third-order valence-electron chi connectivity index (χ3n) is 3.03. The maximum atomic E-state index is 6.32. The van der Waals surface area contributed by atoms with Gasteiger partial charge in [-0.25, -0.2) is 0 Å². The minimum absolute atomic E-state index is 0.341. The average Bonchev–Trinajstić information content (AvgIpc) is 2.64. The fourth-order valence-electron chi connectivity index (χ4n) is 2.21. The van der Waals surface area contributed by atoms with Gasteiger partial charge in [-0.05, 0) is 49.1 Å². The molecule has 1 aliphatic carbocycles. The Labute approximate surface area is 93.8 Å². The predicted octanol–water partition coefficient (Wildman–Crippen LogP) is 3.12. The number of hydrogen-bond donors (Lipinski definition) is 0. The van der Waals surface area contributed by atoms with Crippen LogP contribution in [-0.4, -0.2) is 15.0 Å². The Morgan fingerprint density at radius 1 is 1.57 bits per heavy atom. The molecule has 0 bridgehead atoms. The van der Waals surface area contributed by atoms with Gasteiger partial charge in [0.05, 0.1) is 5.69 Å². The number of nitrogens with zero attached hydrogens (tertiary/aromatic N) is 2. The van der Waals surface area contributed by atoms with E-state index >= 15 is 0 Å². The Bertz CT molecular complexity index is 276. The summed E-state index contributed by atoms with van der Waals surface area (Å²) in [5.41, 5.74) is 1.11. The summed E-state index contributed by atoms with van der Waals surface area (Å²) in [6.45, 7) is 2.31. The lowest BCUT2D eigenvalue weighted by Gasteiger charge is -2.30. The Morgan fingerprint density at radius 2 is 2.43 bits per heavy atom. The fraction of sp³-hybridized carbons (Fsp3) is 0.800. The summed E-state index contributed by atoms with van der Waals surface area (Å²) in [5, 5.41) is 6.45. The molecule has 3 unspecified atom stereocenters. The number of rotatable bonds is 2. The van der Waals surface area contributed by atoms with Gasteiger partial charge in [-0.3, -0.25) is 0 Å². The molecule has 1 aromatic rings. The average molecular weight is 231 g/mol. The molecule has 0 spiro atoms. The van der Waals surface area contributed by atoms with Crippen molar-refractivity contribution in [3.8, 4) is 0 Å². The second-order valence-corrected chi connectivity index (χ2v) is 5.47. The van der Waals surface area contributed by atoms with Crippen LogP contribution in [-0.2, 0) is 6.42 Å². The lowest BCUT2D eigenvalue weighted by atomic mass is 9.80. The highest BCUT2D eigenvalue weighted by molar-refractivity contribution is 7.03. The maximum Gasteiger partial charge on any atom is 0.0758 e. The Morgan fingerprint density at radius 3 is 3.14 bits per heavy atom. The van der Waals surface area contributed by atoms with Crippen LogP contribution in [0.15, 0.2) is 5.38 Å². The van der Waals surface area contributed by atoms with E-state index in [0.29, 0.717) is 11.3 Å². The summed E-state index contributed by atoms with van der Waals surface area (Å²) in [4.78, 5) is 0. The van der Waals surface area contributed by atoms with Gasteiger partial charge in [-0.2, -0.15) is 0 Å². The molecule has 2 nitrogen and oxygen atoms in total. The van der Waals surface area contributed by atoms with Crippen molar-refractivity contribution >= 4 is 23.1 Å². The van der Waals surface area contributed by atoms with Crippen molar-refractivity contribution in [1.82, 2.24) is 9.59 Å². The van der Waals surface area contributed by atoms with Gasteiger partial charge in [0.15, 0.2) is 0 Å². The quantitative estimate of drug-likeness (QED) is 0.730. The molecule has 0 amide bonds. The van der Waals surface area contributed by atoms with E-state index in [2.05, 4.69) is 16.5 Å². The molecule has 1 fully saturated rings. The smallest absolute Gasteiger partial charge is 0.0758 e. The number of hydrogen-bond acceptors (Lipinski definition) is 3. The third kappa shape index (κ3) is 2.45. The van der Waals surface area contributed by atoms with Gasteiger partial charge in [-0.1, -0.05) is 11.4 Å². The molecule has 14 heavy (non-hydrogen) atoms. The zero-order valence-corrected chi connectivity index (χ0v) is 9.89. The van der Waals surface area contributed by atoms with E-state index in [1.807, 2.05) is 5.38 Å².